The lowest BCUT2D eigenvalue weighted by Crippen LogP contribution is -2.49. The first-order valence-corrected chi connectivity index (χ1v) is 10.4. The summed E-state index contributed by atoms with van der Waals surface area (Å²) in [4.78, 5) is 24.8. The lowest BCUT2D eigenvalue weighted by Gasteiger charge is -2.28. The van der Waals surface area contributed by atoms with Crippen LogP contribution in [0.2, 0.25) is 0 Å². The summed E-state index contributed by atoms with van der Waals surface area (Å²) in [7, 11) is 0. The maximum absolute atomic E-state index is 13.1. The van der Waals surface area contributed by atoms with E-state index >= 15 is 0 Å². The summed E-state index contributed by atoms with van der Waals surface area (Å²) in [5.41, 5.74) is 5.38. The monoisotopic (exact) mass is 474 g/mol. The van der Waals surface area contributed by atoms with E-state index in [1.165, 1.54) is 18.2 Å². The van der Waals surface area contributed by atoms with Crippen molar-refractivity contribution < 1.29 is 32.6 Å². The van der Waals surface area contributed by atoms with Crippen LogP contribution in [-0.4, -0.2) is 23.0 Å². The third-order valence-electron chi connectivity index (χ3n) is 5.29. The smallest absolute Gasteiger partial charge is 0.416 e. The fourth-order valence-electron chi connectivity index (χ4n) is 3.46. The maximum atomic E-state index is 13.1. The maximum Gasteiger partial charge on any atom is 0.416 e. The molecule has 34 heavy (non-hydrogen) atoms. The number of hydrogen-bond acceptors (Lipinski definition) is 4. The number of ether oxygens (including phenoxy) is 1. The second-order valence-electron chi connectivity index (χ2n) is 9.02. The summed E-state index contributed by atoms with van der Waals surface area (Å²) in [5, 5.41) is 13.3. The molecule has 0 aliphatic rings. The van der Waals surface area contributed by atoms with E-state index in [-0.39, 0.29) is 17.9 Å². The zero-order valence-corrected chi connectivity index (χ0v) is 18.9. The SMILES string of the molecule is CC(C)(C)[C@H](NC(=O)c1ccc2cc(N)ccc2c1OCc1ccc(C(F)(F)F)cc1)C(=O)O. The van der Waals surface area contributed by atoms with Gasteiger partial charge in [-0.2, -0.15) is 13.2 Å². The number of benzene rings is 3. The minimum Gasteiger partial charge on any atom is -0.487 e. The fourth-order valence-corrected chi connectivity index (χ4v) is 3.46. The number of carbonyl (C=O) groups is 2. The quantitative estimate of drug-likeness (QED) is 0.424. The van der Waals surface area contributed by atoms with Crippen LogP contribution in [0.1, 0.15) is 42.3 Å². The number of fused-ring (bicyclic) bond motifs is 1. The molecule has 0 saturated carbocycles. The predicted molar refractivity (Wildman–Crippen MR) is 122 cm³/mol. The standard InChI is InChI=1S/C25H25F3N2O4/c1-24(2,3)21(23(32)33)30-22(31)19-10-6-15-12-17(29)9-11-18(15)20(19)34-13-14-4-7-16(8-5-14)25(26,27)28/h4-12,21H,13,29H2,1-3H3,(H,30,31)(H,32,33)/t21-/m1/s1. The molecule has 0 unspecified atom stereocenters. The highest BCUT2D eigenvalue weighted by atomic mass is 19.4. The van der Waals surface area contributed by atoms with Crippen molar-refractivity contribution in [3.8, 4) is 5.75 Å². The third-order valence-corrected chi connectivity index (χ3v) is 5.29. The predicted octanol–water partition coefficient (Wildman–Crippen LogP) is 5.25. The number of halogens is 3. The number of anilines is 1. The third kappa shape index (κ3) is 5.59. The number of nitrogens with two attached hydrogens (primary N) is 1. The summed E-state index contributed by atoms with van der Waals surface area (Å²) >= 11 is 0. The van der Waals surface area contributed by atoms with Crippen molar-refractivity contribution in [1.29, 1.82) is 0 Å². The first-order valence-electron chi connectivity index (χ1n) is 10.4. The van der Waals surface area contributed by atoms with Gasteiger partial charge in [0.2, 0.25) is 0 Å². The average molecular weight is 474 g/mol. The van der Waals surface area contributed by atoms with E-state index in [0.29, 0.717) is 22.0 Å². The molecule has 0 aliphatic carbocycles. The lowest BCUT2D eigenvalue weighted by atomic mass is 9.86. The van der Waals surface area contributed by atoms with Gasteiger partial charge < -0.3 is 20.9 Å². The Morgan fingerprint density at radius 1 is 1.03 bits per heavy atom. The van der Waals surface area contributed by atoms with Gasteiger partial charge in [-0.3, -0.25) is 4.79 Å². The summed E-state index contributed by atoms with van der Waals surface area (Å²) in [5.74, 6) is -1.65. The fraction of sp³-hybridized carbons (Fsp3) is 0.280. The van der Waals surface area contributed by atoms with Crippen molar-refractivity contribution >= 4 is 28.3 Å². The van der Waals surface area contributed by atoms with Gasteiger partial charge in [0.05, 0.1) is 11.1 Å². The Morgan fingerprint density at radius 2 is 1.68 bits per heavy atom. The Hall–Kier alpha value is -3.75. The largest absolute Gasteiger partial charge is 0.487 e. The molecule has 0 aromatic heterocycles. The van der Waals surface area contributed by atoms with Crippen molar-refractivity contribution in [3.63, 3.8) is 0 Å². The molecular weight excluding hydrogens is 449 g/mol. The lowest BCUT2D eigenvalue weighted by molar-refractivity contribution is -0.142. The van der Waals surface area contributed by atoms with Crippen molar-refractivity contribution in [2.45, 2.75) is 39.6 Å². The van der Waals surface area contributed by atoms with Gasteiger partial charge in [-0.25, -0.2) is 4.79 Å². The molecule has 3 aromatic carbocycles. The second kappa shape index (κ2) is 9.24. The Labute approximate surface area is 194 Å². The van der Waals surface area contributed by atoms with E-state index in [1.54, 1.807) is 45.0 Å². The number of alkyl halides is 3. The zero-order valence-electron chi connectivity index (χ0n) is 18.9. The van der Waals surface area contributed by atoms with Crippen molar-refractivity contribution in [2.75, 3.05) is 5.73 Å². The molecule has 180 valence electrons. The molecule has 0 saturated heterocycles. The summed E-state index contributed by atoms with van der Waals surface area (Å²) in [6.45, 7) is 4.97. The minimum absolute atomic E-state index is 0.0969. The van der Waals surface area contributed by atoms with Gasteiger partial charge in [0, 0.05) is 11.1 Å². The van der Waals surface area contributed by atoms with E-state index in [0.717, 1.165) is 12.1 Å². The highest BCUT2D eigenvalue weighted by molar-refractivity contribution is 6.05. The van der Waals surface area contributed by atoms with Gasteiger partial charge in [-0.1, -0.05) is 39.0 Å². The number of carboxylic acid groups (broad SMARTS) is 1. The van der Waals surface area contributed by atoms with Crippen LogP contribution in [0.5, 0.6) is 5.75 Å². The first-order chi connectivity index (χ1) is 15.8. The van der Waals surface area contributed by atoms with E-state index < -0.39 is 35.1 Å². The topological polar surface area (TPSA) is 102 Å². The van der Waals surface area contributed by atoms with Gasteiger partial charge >= 0.3 is 12.1 Å². The van der Waals surface area contributed by atoms with E-state index in [9.17, 15) is 27.9 Å². The molecule has 9 heteroatoms. The summed E-state index contributed by atoms with van der Waals surface area (Å²) in [6.07, 6.45) is -4.45. The molecule has 0 fully saturated rings. The number of carbonyl (C=O) groups excluding carboxylic acids is 1. The van der Waals surface area contributed by atoms with Crippen molar-refractivity contribution in [3.05, 3.63) is 71.3 Å². The first kappa shape index (κ1) is 24.9. The molecular formula is C25H25F3N2O4. The molecule has 0 radical (unpaired) electrons. The van der Waals surface area contributed by atoms with Gasteiger partial charge in [-0.05, 0) is 52.8 Å². The molecule has 0 bridgehead atoms. The number of aliphatic carboxylic acids is 1. The number of amides is 1. The number of carboxylic acids is 1. The van der Waals surface area contributed by atoms with Crippen molar-refractivity contribution in [2.24, 2.45) is 5.41 Å². The highest BCUT2D eigenvalue weighted by Crippen LogP contribution is 2.33. The van der Waals surface area contributed by atoms with Gasteiger partial charge in [0.15, 0.2) is 0 Å². The summed E-state index contributed by atoms with van der Waals surface area (Å²) in [6, 6.07) is 11.5. The highest BCUT2D eigenvalue weighted by Gasteiger charge is 2.34. The molecule has 3 rings (SSSR count). The van der Waals surface area contributed by atoms with Crippen LogP contribution in [-0.2, 0) is 17.6 Å². The van der Waals surface area contributed by atoms with Crippen molar-refractivity contribution in [1.82, 2.24) is 5.32 Å². The Balaban J connectivity index is 1.97. The molecule has 0 spiro atoms. The van der Waals surface area contributed by atoms with Crippen LogP contribution in [0.4, 0.5) is 18.9 Å². The van der Waals surface area contributed by atoms with Crippen LogP contribution in [0.25, 0.3) is 10.8 Å². The Bertz CT molecular complexity index is 1220. The van der Waals surface area contributed by atoms with Crippen LogP contribution in [0, 0.1) is 5.41 Å². The molecule has 0 aliphatic heterocycles. The summed E-state index contributed by atoms with van der Waals surface area (Å²) < 4.78 is 44.4. The minimum atomic E-state index is -4.45. The van der Waals surface area contributed by atoms with Crippen LogP contribution >= 0.6 is 0 Å². The molecule has 1 atom stereocenters. The average Bonchev–Trinajstić information content (AvgIpc) is 2.74. The van der Waals surface area contributed by atoms with E-state index in [2.05, 4.69) is 5.32 Å². The van der Waals surface area contributed by atoms with Gasteiger partial charge in [0.25, 0.3) is 5.91 Å². The molecule has 3 aromatic rings. The molecule has 0 heterocycles. The number of hydrogen-bond donors (Lipinski definition) is 3. The molecule has 1 amide bonds. The zero-order chi connectivity index (χ0) is 25.3. The molecule has 6 nitrogen and oxygen atoms in total. The second-order valence-corrected chi connectivity index (χ2v) is 9.02. The number of nitrogens with one attached hydrogen (secondary N) is 1. The van der Waals surface area contributed by atoms with E-state index in [4.69, 9.17) is 10.5 Å². The molecule has 4 N–H and O–H groups in total. The van der Waals surface area contributed by atoms with Gasteiger partial charge in [-0.15, -0.1) is 0 Å². The van der Waals surface area contributed by atoms with Crippen LogP contribution in [0.3, 0.4) is 0 Å². The Kier molecular flexibility index (Phi) is 6.77. The normalized spacial score (nSPS) is 12.9. The number of rotatable bonds is 6. The van der Waals surface area contributed by atoms with Crippen LogP contribution < -0.4 is 15.8 Å². The van der Waals surface area contributed by atoms with Crippen LogP contribution in [0.15, 0.2) is 54.6 Å². The number of nitrogen functional groups attached to an aromatic ring is 1. The van der Waals surface area contributed by atoms with Gasteiger partial charge in [0.1, 0.15) is 18.4 Å². The Morgan fingerprint density at radius 3 is 2.24 bits per heavy atom. The van der Waals surface area contributed by atoms with E-state index in [1.807, 2.05) is 0 Å².